The highest BCUT2D eigenvalue weighted by atomic mass is 16.5. The van der Waals surface area contributed by atoms with E-state index in [1.54, 1.807) is 0 Å². The predicted octanol–water partition coefficient (Wildman–Crippen LogP) is 2.91. The van der Waals surface area contributed by atoms with E-state index >= 15 is 0 Å². The molecule has 0 bridgehead atoms. The number of carboxylic acid groups (broad SMARTS) is 1. The molecule has 1 atom stereocenters. The Bertz CT molecular complexity index is 250. The lowest BCUT2D eigenvalue weighted by Gasteiger charge is -2.35. The Kier molecular flexibility index (Phi) is 8.07. The van der Waals surface area contributed by atoms with Crippen LogP contribution in [0.2, 0.25) is 0 Å². The van der Waals surface area contributed by atoms with Crippen LogP contribution in [0.5, 0.6) is 0 Å². The number of ether oxygens (including phenoxy) is 1. The van der Waals surface area contributed by atoms with Gasteiger partial charge >= 0.3 is 5.97 Å². The fourth-order valence-electron chi connectivity index (χ4n) is 2.72. The SMILES string of the molecule is CCCCCCC(C)N1CCC(OCC(=O)O)CC1. The highest BCUT2D eigenvalue weighted by molar-refractivity contribution is 5.68. The first kappa shape index (κ1) is 16.4. The molecule has 0 aromatic rings. The van der Waals surface area contributed by atoms with Crippen molar-refractivity contribution in [2.75, 3.05) is 19.7 Å². The molecule has 1 rings (SSSR count). The number of aliphatic carboxylic acids is 1. The minimum Gasteiger partial charge on any atom is -0.480 e. The van der Waals surface area contributed by atoms with Gasteiger partial charge in [0.15, 0.2) is 0 Å². The summed E-state index contributed by atoms with van der Waals surface area (Å²) >= 11 is 0. The molecule has 0 spiro atoms. The second-order valence-electron chi connectivity index (χ2n) is 5.64. The van der Waals surface area contributed by atoms with Gasteiger partial charge in [0, 0.05) is 19.1 Å². The first-order valence-corrected chi connectivity index (χ1v) is 7.71. The largest absolute Gasteiger partial charge is 0.480 e. The molecule has 1 aliphatic heterocycles. The third-order valence-corrected chi connectivity index (χ3v) is 4.02. The number of carbonyl (C=O) groups is 1. The zero-order chi connectivity index (χ0) is 14.1. The predicted molar refractivity (Wildman–Crippen MR) is 76.4 cm³/mol. The molecule has 4 heteroatoms. The average Bonchev–Trinajstić information content (AvgIpc) is 2.41. The van der Waals surface area contributed by atoms with E-state index in [1.165, 1.54) is 32.1 Å². The molecule has 112 valence electrons. The van der Waals surface area contributed by atoms with Gasteiger partial charge in [-0.1, -0.05) is 32.6 Å². The summed E-state index contributed by atoms with van der Waals surface area (Å²) in [6, 6.07) is 0.650. The smallest absolute Gasteiger partial charge is 0.329 e. The summed E-state index contributed by atoms with van der Waals surface area (Å²) in [6.07, 6.45) is 8.65. The summed E-state index contributed by atoms with van der Waals surface area (Å²) in [5.74, 6) is -0.869. The van der Waals surface area contributed by atoms with E-state index in [2.05, 4.69) is 18.7 Å². The third kappa shape index (κ3) is 6.92. The second kappa shape index (κ2) is 9.32. The Labute approximate surface area is 117 Å². The molecule has 1 heterocycles. The molecule has 1 fully saturated rings. The average molecular weight is 271 g/mol. The summed E-state index contributed by atoms with van der Waals surface area (Å²) < 4.78 is 5.36. The van der Waals surface area contributed by atoms with Crippen LogP contribution < -0.4 is 0 Å². The van der Waals surface area contributed by atoms with Gasteiger partial charge in [-0.15, -0.1) is 0 Å². The van der Waals surface area contributed by atoms with Crippen LogP contribution in [0.15, 0.2) is 0 Å². The van der Waals surface area contributed by atoms with E-state index in [-0.39, 0.29) is 12.7 Å². The van der Waals surface area contributed by atoms with Crippen LogP contribution in [0.1, 0.15) is 58.8 Å². The Morgan fingerprint density at radius 3 is 2.58 bits per heavy atom. The van der Waals surface area contributed by atoms with Crippen molar-refractivity contribution < 1.29 is 14.6 Å². The fourth-order valence-corrected chi connectivity index (χ4v) is 2.72. The number of hydrogen-bond acceptors (Lipinski definition) is 3. The minimum atomic E-state index is -0.869. The van der Waals surface area contributed by atoms with E-state index in [1.807, 2.05) is 0 Å². The van der Waals surface area contributed by atoms with Gasteiger partial charge in [-0.3, -0.25) is 0 Å². The third-order valence-electron chi connectivity index (χ3n) is 4.02. The Hall–Kier alpha value is -0.610. The molecular formula is C15H29NO3. The molecular weight excluding hydrogens is 242 g/mol. The minimum absolute atomic E-state index is 0.139. The number of hydrogen-bond donors (Lipinski definition) is 1. The van der Waals surface area contributed by atoms with Crippen molar-refractivity contribution >= 4 is 5.97 Å². The van der Waals surface area contributed by atoms with Gasteiger partial charge < -0.3 is 14.7 Å². The monoisotopic (exact) mass is 271 g/mol. The maximum Gasteiger partial charge on any atom is 0.329 e. The van der Waals surface area contributed by atoms with Crippen LogP contribution in [-0.2, 0) is 9.53 Å². The zero-order valence-electron chi connectivity index (χ0n) is 12.4. The van der Waals surface area contributed by atoms with Gasteiger partial charge in [-0.25, -0.2) is 4.79 Å². The van der Waals surface area contributed by atoms with Gasteiger partial charge in [0.25, 0.3) is 0 Å². The van der Waals surface area contributed by atoms with Gasteiger partial charge in [0.2, 0.25) is 0 Å². The molecule has 0 radical (unpaired) electrons. The van der Waals surface area contributed by atoms with Crippen molar-refractivity contribution in [3.05, 3.63) is 0 Å². The number of nitrogens with zero attached hydrogens (tertiary/aromatic N) is 1. The van der Waals surface area contributed by atoms with Gasteiger partial charge in [-0.05, 0) is 26.2 Å². The number of likely N-dealkylation sites (tertiary alicyclic amines) is 1. The van der Waals surface area contributed by atoms with Gasteiger partial charge in [-0.2, -0.15) is 0 Å². The van der Waals surface area contributed by atoms with Crippen molar-refractivity contribution in [3.8, 4) is 0 Å². The lowest BCUT2D eigenvalue weighted by molar-refractivity contribution is -0.145. The zero-order valence-corrected chi connectivity index (χ0v) is 12.4. The molecule has 0 amide bonds. The lowest BCUT2D eigenvalue weighted by atomic mass is 10.0. The highest BCUT2D eigenvalue weighted by Gasteiger charge is 2.23. The van der Waals surface area contributed by atoms with Crippen LogP contribution in [-0.4, -0.2) is 47.8 Å². The summed E-state index contributed by atoms with van der Waals surface area (Å²) in [4.78, 5) is 13.0. The summed E-state index contributed by atoms with van der Waals surface area (Å²) in [5, 5.41) is 8.59. The van der Waals surface area contributed by atoms with Crippen LogP contribution in [0, 0.1) is 0 Å². The van der Waals surface area contributed by atoms with Crippen molar-refractivity contribution in [1.82, 2.24) is 4.90 Å². The summed E-state index contributed by atoms with van der Waals surface area (Å²) in [7, 11) is 0. The molecule has 1 saturated heterocycles. The van der Waals surface area contributed by atoms with E-state index < -0.39 is 5.97 Å². The topological polar surface area (TPSA) is 49.8 Å². The summed E-state index contributed by atoms with van der Waals surface area (Å²) in [6.45, 7) is 6.48. The molecule has 19 heavy (non-hydrogen) atoms. The van der Waals surface area contributed by atoms with Crippen LogP contribution in [0.25, 0.3) is 0 Å². The molecule has 0 aliphatic carbocycles. The van der Waals surface area contributed by atoms with Crippen molar-refractivity contribution in [2.24, 2.45) is 0 Å². The fraction of sp³-hybridized carbons (Fsp3) is 0.933. The molecule has 0 saturated carbocycles. The maximum atomic E-state index is 10.5. The number of carboxylic acids is 1. The molecule has 1 aliphatic rings. The molecule has 0 aromatic heterocycles. The van der Waals surface area contributed by atoms with Crippen LogP contribution in [0.3, 0.4) is 0 Å². The number of piperidine rings is 1. The van der Waals surface area contributed by atoms with Crippen molar-refractivity contribution in [2.45, 2.75) is 70.9 Å². The highest BCUT2D eigenvalue weighted by Crippen LogP contribution is 2.18. The quantitative estimate of drug-likeness (QED) is 0.655. The van der Waals surface area contributed by atoms with E-state index in [0.717, 1.165) is 25.9 Å². The van der Waals surface area contributed by atoms with Gasteiger partial charge in [0.05, 0.1) is 6.10 Å². The number of rotatable bonds is 9. The van der Waals surface area contributed by atoms with Crippen LogP contribution in [0.4, 0.5) is 0 Å². The van der Waals surface area contributed by atoms with Crippen LogP contribution >= 0.6 is 0 Å². The standard InChI is InChI=1S/C15H29NO3/c1-3-4-5-6-7-13(2)16-10-8-14(9-11-16)19-12-15(17)18/h13-14H,3-12H2,1-2H3,(H,17,18). The second-order valence-corrected chi connectivity index (χ2v) is 5.64. The van der Waals surface area contributed by atoms with E-state index in [9.17, 15) is 4.79 Å². The summed E-state index contributed by atoms with van der Waals surface area (Å²) in [5.41, 5.74) is 0. The Balaban J connectivity index is 2.12. The lowest BCUT2D eigenvalue weighted by Crippen LogP contribution is -2.42. The molecule has 1 unspecified atom stereocenters. The maximum absolute atomic E-state index is 10.5. The Morgan fingerprint density at radius 2 is 2.00 bits per heavy atom. The first-order chi connectivity index (χ1) is 9.13. The molecule has 1 N–H and O–H groups in total. The first-order valence-electron chi connectivity index (χ1n) is 7.71. The Morgan fingerprint density at radius 1 is 1.32 bits per heavy atom. The van der Waals surface area contributed by atoms with Crippen molar-refractivity contribution in [3.63, 3.8) is 0 Å². The normalized spacial score (nSPS) is 19.5. The molecule has 0 aromatic carbocycles. The van der Waals surface area contributed by atoms with E-state index in [0.29, 0.717) is 6.04 Å². The molecule has 4 nitrogen and oxygen atoms in total. The van der Waals surface area contributed by atoms with Crippen molar-refractivity contribution in [1.29, 1.82) is 0 Å². The number of unbranched alkanes of at least 4 members (excludes halogenated alkanes) is 3. The van der Waals surface area contributed by atoms with Gasteiger partial charge in [0.1, 0.15) is 6.61 Å². The van der Waals surface area contributed by atoms with E-state index in [4.69, 9.17) is 9.84 Å².